The Labute approximate surface area is 124 Å². The largest absolute Gasteiger partial charge is 0.367 e. The zero-order valence-electron chi connectivity index (χ0n) is 11.7. The number of benzene rings is 2. The van der Waals surface area contributed by atoms with Gasteiger partial charge in [0.05, 0.1) is 11.6 Å². The van der Waals surface area contributed by atoms with Gasteiger partial charge in [-0.15, -0.1) is 0 Å². The number of methoxy groups -OCH3 is 1. The monoisotopic (exact) mass is 280 g/mol. The highest BCUT2D eigenvalue weighted by Gasteiger charge is 2.19. The predicted molar refractivity (Wildman–Crippen MR) is 79.2 cm³/mol. The van der Waals surface area contributed by atoms with Gasteiger partial charge in [-0.3, -0.25) is 4.79 Å². The molecule has 0 aliphatic rings. The van der Waals surface area contributed by atoms with Crippen molar-refractivity contribution in [3.63, 3.8) is 0 Å². The van der Waals surface area contributed by atoms with Gasteiger partial charge in [0.2, 0.25) is 0 Å². The van der Waals surface area contributed by atoms with E-state index in [1.54, 1.807) is 12.1 Å². The molecule has 0 bridgehead atoms. The van der Waals surface area contributed by atoms with Crippen LogP contribution in [0.4, 0.5) is 0 Å². The van der Waals surface area contributed by atoms with Gasteiger partial charge in [-0.25, -0.2) is 0 Å². The summed E-state index contributed by atoms with van der Waals surface area (Å²) in [6, 6.07) is 18.5. The molecule has 1 amide bonds. The summed E-state index contributed by atoms with van der Waals surface area (Å²) in [4.78, 5) is 12.2. The molecule has 2 aromatic rings. The number of nitriles is 1. The fourth-order valence-corrected chi connectivity index (χ4v) is 2.00. The van der Waals surface area contributed by atoms with Crippen molar-refractivity contribution in [2.24, 2.45) is 0 Å². The van der Waals surface area contributed by atoms with Crippen LogP contribution in [0.3, 0.4) is 0 Å². The van der Waals surface area contributed by atoms with Gasteiger partial charge in [0.1, 0.15) is 0 Å². The molecule has 0 aromatic heterocycles. The van der Waals surface area contributed by atoms with E-state index in [-0.39, 0.29) is 5.91 Å². The lowest BCUT2D eigenvalue weighted by Crippen LogP contribution is -2.29. The van der Waals surface area contributed by atoms with E-state index in [1.165, 1.54) is 7.11 Å². The van der Waals surface area contributed by atoms with Gasteiger partial charge in [0, 0.05) is 13.7 Å². The van der Waals surface area contributed by atoms with Crippen molar-refractivity contribution in [3.05, 3.63) is 71.3 Å². The molecule has 4 nitrogen and oxygen atoms in total. The normalized spacial score (nSPS) is 11.4. The maximum Gasteiger partial charge on any atom is 0.254 e. The van der Waals surface area contributed by atoms with E-state index in [4.69, 9.17) is 10.00 Å². The van der Waals surface area contributed by atoms with E-state index in [0.717, 1.165) is 11.1 Å². The number of carbonyl (C=O) groups is 1. The minimum Gasteiger partial charge on any atom is -0.367 e. The van der Waals surface area contributed by atoms with Crippen molar-refractivity contribution in [1.29, 1.82) is 5.26 Å². The Morgan fingerprint density at radius 1 is 1.19 bits per heavy atom. The van der Waals surface area contributed by atoms with Crippen LogP contribution in [0.1, 0.15) is 22.8 Å². The van der Waals surface area contributed by atoms with Crippen LogP contribution in [0.2, 0.25) is 0 Å². The highest BCUT2D eigenvalue weighted by Crippen LogP contribution is 2.16. The molecule has 1 atom stereocenters. The summed E-state index contributed by atoms with van der Waals surface area (Å²) < 4.78 is 5.27. The second kappa shape index (κ2) is 7.22. The smallest absolute Gasteiger partial charge is 0.254 e. The highest BCUT2D eigenvalue weighted by molar-refractivity contribution is 5.82. The highest BCUT2D eigenvalue weighted by atomic mass is 16.5. The average molecular weight is 280 g/mol. The van der Waals surface area contributed by atoms with Crippen molar-refractivity contribution in [3.8, 4) is 6.07 Å². The minimum atomic E-state index is -0.621. The first-order chi connectivity index (χ1) is 10.2. The molecule has 0 radical (unpaired) electrons. The first-order valence-electron chi connectivity index (χ1n) is 6.59. The lowest BCUT2D eigenvalue weighted by atomic mass is 10.1. The van der Waals surface area contributed by atoms with E-state index in [1.807, 2.05) is 42.5 Å². The Morgan fingerprint density at radius 3 is 2.43 bits per heavy atom. The fourth-order valence-electron chi connectivity index (χ4n) is 2.00. The number of rotatable bonds is 5. The summed E-state index contributed by atoms with van der Waals surface area (Å²) in [5, 5.41) is 11.6. The maximum atomic E-state index is 12.2. The van der Waals surface area contributed by atoms with Gasteiger partial charge >= 0.3 is 0 Å². The summed E-state index contributed by atoms with van der Waals surface area (Å²) in [5.41, 5.74) is 2.35. The minimum absolute atomic E-state index is 0.187. The number of ether oxygens (including phenoxy) is 1. The third kappa shape index (κ3) is 3.91. The topological polar surface area (TPSA) is 62.1 Å². The van der Waals surface area contributed by atoms with Gasteiger partial charge in [-0.1, -0.05) is 42.5 Å². The lowest BCUT2D eigenvalue weighted by molar-refractivity contribution is -0.131. The summed E-state index contributed by atoms with van der Waals surface area (Å²) in [5.74, 6) is -0.187. The third-order valence-corrected chi connectivity index (χ3v) is 3.13. The maximum absolute atomic E-state index is 12.2. The van der Waals surface area contributed by atoms with E-state index >= 15 is 0 Å². The van der Waals surface area contributed by atoms with Crippen LogP contribution in [-0.2, 0) is 16.1 Å². The molecule has 0 heterocycles. The van der Waals surface area contributed by atoms with Crippen LogP contribution < -0.4 is 5.32 Å². The molecule has 0 saturated carbocycles. The van der Waals surface area contributed by atoms with Crippen LogP contribution in [0.5, 0.6) is 0 Å². The Bertz CT molecular complexity index is 630. The SMILES string of the molecule is CO[C@@H](C(=O)NCc1ccc(C#N)cc1)c1ccccc1. The van der Waals surface area contributed by atoms with E-state index in [0.29, 0.717) is 12.1 Å². The number of carbonyl (C=O) groups excluding carboxylic acids is 1. The predicted octanol–water partition coefficient (Wildman–Crippen LogP) is 2.56. The van der Waals surface area contributed by atoms with Gasteiger partial charge in [-0.05, 0) is 23.3 Å². The Hall–Kier alpha value is -2.64. The van der Waals surface area contributed by atoms with Gasteiger partial charge in [-0.2, -0.15) is 5.26 Å². The number of nitrogens with one attached hydrogen (secondary N) is 1. The average Bonchev–Trinajstić information content (AvgIpc) is 2.55. The molecule has 21 heavy (non-hydrogen) atoms. The van der Waals surface area contributed by atoms with E-state index < -0.39 is 6.10 Å². The molecule has 1 N–H and O–H groups in total. The summed E-state index contributed by atoms with van der Waals surface area (Å²) in [6.07, 6.45) is -0.621. The number of hydrogen-bond acceptors (Lipinski definition) is 3. The van der Waals surface area contributed by atoms with Gasteiger partial charge in [0.15, 0.2) is 6.10 Å². The second-order valence-corrected chi connectivity index (χ2v) is 4.55. The number of hydrogen-bond donors (Lipinski definition) is 1. The standard InChI is InChI=1S/C17H16N2O2/c1-21-16(15-5-3-2-4-6-15)17(20)19-12-14-9-7-13(11-18)8-10-14/h2-10,16H,12H2,1H3,(H,19,20)/t16-/m1/s1. The van der Waals surface area contributed by atoms with Crippen LogP contribution in [0.15, 0.2) is 54.6 Å². The number of amides is 1. The molecular weight excluding hydrogens is 264 g/mol. The van der Waals surface area contributed by atoms with Crippen molar-refractivity contribution >= 4 is 5.91 Å². The molecule has 0 aliphatic carbocycles. The first-order valence-corrected chi connectivity index (χ1v) is 6.59. The molecule has 2 rings (SSSR count). The van der Waals surface area contributed by atoms with Crippen LogP contribution in [0, 0.1) is 11.3 Å². The van der Waals surface area contributed by atoms with Crippen molar-refractivity contribution in [1.82, 2.24) is 5.32 Å². The van der Waals surface area contributed by atoms with Crippen molar-refractivity contribution in [2.45, 2.75) is 12.6 Å². The van der Waals surface area contributed by atoms with Crippen molar-refractivity contribution < 1.29 is 9.53 Å². The molecule has 2 aromatic carbocycles. The van der Waals surface area contributed by atoms with Gasteiger partial charge < -0.3 is 10.1 Å². The quantitative estimate of drug-likeness (QED) is 0.915. The fraction of sp³-hybridized carbons (Fsp3) is 0.176. The first kappa shape index (κ1) is 14.8. The zero-order valence-corrected chi connectivity index (χ0v) is 11.7. The molecule has 0 unspecified atom stereocenters. The third-order valence-electron chi connectivity index (χ3n) is 3.13. The van der Waals surface area contributed by atoms with Crippen LogP contribution in [-0.4, -0.2) is 13.0 Å². The molecular formula is C17H16N2O2. The summed E-state index contributed by atoms with van der Waals surface area (Å²) in [7, 11) is 1.51. The summed E-state index contributed by atoms with van der Waals surface area (Å²) in [6.45, 7) is 0.400. The molecule has 4 heteroatoms. The van der Waals surface area contributed by atoms with Gasteiger partial charge in [0.25, 0.3) is 5.91 Å². The lowest BCUT2D eigenvalue weighted by Gasteiger charge is -2.15. The second-order valence-electron chi connectivity index (χ2n) is 4.55. The Balaban J connectivity index is 1.98. The Morgan fingerprint density at radius 2 is 1.86 bits per heavy atom. The Kier molecular flexibility index (Phi) is 5.08. The molecule has 0 saturated heterocycles. The van der Waals surface area contributed by atoms with Crippen LogP contribution in [0.25, 0.3) is 0 Å². The molecule has 0 spiro atoms. The molecule has 106 valence electrons. The van der Waals surface area contributed by atoms with Crippen LogP contribution >= 0.6 is 0 Å². The molecule has 0 aliphatic heterocycles. The van der Waals surface area contributed by atoms with E-state index in [9.17, 15) is 4.79 Å². The van der Waals surface area contributed by atoms with Crippen molar-refractivity contribution in [2.75, 3.05) is 7.11 Å². The summed E-state index contributed by atoms with van der Waals surface area (Å²) >= 11 is 0. The zero-order chi connectivity index (χ0) is 15.1. The molecule has 0 fully saturated rings. The number of nitrogens with zero attached hydrogens (tertiary/aromatic N) is 1. The van der Waals surface area contributed by atoms with E-state index in [2.05, 4.69) is 11.4 Å².